The summed E-state index contributed by atoms with van der Waals surface area (Å²) in [6.45, 7) is 2.58. The molecule has 6 nitrogen and oxygen atoms in total. The van der Waals surface area contributed by atoms with Gasteiger partial charge in [-0.3, -0.25) is 9.69 Å². The largest absolute Gasteiger partial charge is 0.348 e. The maximum absolute atomic E-state index is 12.4. The number of aromatic nitrogens is 3. The van der Waals surface area contributed by atoms with Crippen molar-refractivity contribution in [3.8, 4) is 0 Å². The number of hydrogen-bond donors (Lipinski definition) is 1. The normalized spacial score (nSPS) is 21.4. The second-order valence-electron chi connectivity index (χ2n) is 8.07. The molecule has 29 heavy (non-hydrogen) atoms. The minimum Gasteiger partial charge on any atom is -0.348 e. The Morgan fingerprint density at radius 2 is 1.97 bits per heavy atom. The molecule has 1 saturated heterocycles. The zero-order chi connectivity index (χ0) is 20.1. The van der Waals surface area contributed by atoms with Gasteiger partial charge >= 0.3 is 0 Å². The Hall–Kier alpha value is -2.18. The highest BCUT2D eigenvalue weighted by Crippen LogP contribution is 2.23. The van der Waals surface area contributed by atoms with Crippen LogP contribution in [0.25, 0.3) is 6.08 Å². The van der Waals surface area contributed by atoms with Gasteiger partial charge < -0.3 is 5.32 Å². The topological polar surface area (TPSA) is 63.1 Å². The molecule has 1 aliphatic carbocycles. The van der Waals surface area contributed by atoms with Crippen molar-refractivity contribution in [2.45, 2.75) is 50.6 Å². The van der Waals surface area contributed by atoms with Crippen molar-refractivity contribution < 1.29 is 4.79 Å². The highest BCUT2D eigenvalue weighted by Gasteiger charge is 2.25. The van der Waals surface area contributed by atoms with Crippen molar-refractivity contribution in [3.05, 3.63) is 52.8 Å². The van der Waals surface area contributed by atoms with Crippen LogP contribution >= 0.6 is 11.6 Å². The number of benzene rings is 1. The molecular weight excluding hydrogens is 386 g/mol. The molecule has 2 fully saturated rings. The average molecular weight is 414 g/mol. The van der Waals surface area contributed by atoms with Crippen molar-refractivity contribution in [3.63, 3.8) is 0 Å². The van der Waals surface area contributed by atoms with Crippen LogP contribution in [-0.4, -0.2) is 51.5 Å². The van der Waals surface area contributed by atoms with Crippen molar-refractivity contribution in [2.24, 2.45) is 0 Å². The lowest BCUT2D eigenvalue weighted by atomic mass is 10.1. The Labute approximate surface area is 176 Å². The zero-order valence-corrected chi connectivity index (χ0v) is 17.4. The molecular formula is C22H28ClN5O. The Morgan fingerprint density at radius 3 is 2.76 bits per heavy atom. The zero-order valence-electron chi connectivity index (χ0n) is 16.6. The molecule has 1 amide bonds. The predicted molar refractivity (Wildman–Crippen MR) is 115 cm³/mol. The number of rotatable bonds is 6. The van der Waals surface area contributed by atoms with Gasteiger partial charge in [0, 0.05) is 24.2 Å². The van der Waals surface area contributed by atoms with Crippen LogP contribution in [0.15, 0.2) is 41.6 Å². The van der Waals surface area contributed by atoms with Crippen LogP contribution < -0.4 is 5.32 Å². The van der Waals surface area contributed by atoms with Gasteiger partial charge in [-0.1, -0.05) is 60.0 Å². The first-order chi connectivity index (χ1) is 14.2. The van der Waals surface area contributed by atoms with E-state index in [9.17, 15) is 4.79 Å². The Bertz CT molecular complexity index is 844. The fourth-order valence-corrected chi connectivity index (χ4v) is 4.56. The molecule has 1 aromatic heterocycles. The number of likely N-dealkylation sites (tertiary alicyclic amines) is 1. The molecule has 1 aliphatic heterocycles. The van der Waals surface area contributed by atoms with Gasteiger partial charge in [0.25, 0.3) is 5.91 Å². The van der Waals surface area contributed by atoms with Crippen LogP contribution in [-0.2, 0) is 0 Å². The highest BCUT2D eigenvalue weighted by atomic mass is 35.5. The number of carbonyl (C=O) groups excluding carboxylic acids is 1. The van der Waals surface area contributed by atoms with Crippen LogP contribution in [0.1, 0.15) is 60.6 Å². The third-order valence-corrected chi connectivity index (χ3v) is 6.01. The lowest BCUT2D eigenvalue weighted by Crippen LogP contribution is -2.37. The lowest BCUT2D eigenvalue weighted by molar-refractivity contribution is 0.0932. The fourth-order valence-electron chi connectivity index (χ4n) is 4.27. The van der Waals surface area contributed by atoms with E-state index in [2.05, 4.69) is 32.7 Å². The minimum atomic E-state index is -0.107. The summed E-state index contributed by atoms with van der Waals surface area (Å²) < 4.78 is 1.85. The molecule has 0 spiro atoms. The van der Waals surface area contributed by atoms with Gasteiger partial charge in [-0.15, -0.1) is 5.10 Å². The number of hydrogen-bond acceptors (Lipinski definition) is 4. The standard InChI is InChI=1S/C22H28ClN5O/c23-18(13-17-7-2-1-3-8-17)14-27-12-6-11-20(15-27)28-16-21(25-26-28)22(29)24-19-9-4-5-10-19/h1-3,7-8,13,16,19-20H,4-6,9-12,14-15H2,(H,24,29)/b18-13-. The number of amides is 1. The lowest BCUT2D eigenvalue weighted by Gasteiger charge is -2.32. The molecule has 2 heterocycles. The van der Waals surface area contributed by atoms with Crippen LogP contribution in [0, 0.1) is 0 Å². The van der Waals surface area contributed by atoms with E-state index in [0.29, 0.717) is 5.69 Å². The first kappa shape index (κ1) is 20.1. The first-order valence-electron chi connectivity index (χ1n) is 10.5. The molecule has 7 heteroatoms. The van der Waals surface area contributed by atoms with Gasteiger partial charge in [-0.25, -0.2) is 4.68 Å². The summed E-state index contributed by atoms with van der Waals surface area (Å²) in [6, 6.07) is 10.6. The van der Waals surface area contributed by atoms with E-state index >= 15 is 0 Å². The molecule has 154 valence electrons. The quantitative estimate of drug-likeness (QED) is 0.780. The van der Waals surface area contributed by atoms with E-state index in [4.69, 9.17) is 11.6 Å². The number of carbonyl (C=O) groups is 1. The highest BCUT2D eigenvalue weighted by molar-refractivity contribution is 6.31. The maximum Gasteiger partial charge on any atom is 0.273 e. The molecule has 2 aliphatic rings. The van der Waals surface area contributed by atoms with Gasteiger partial charge in [0.1, 0.15) is 0 Å². The van der Waals surface area contributed by atoms with Crippen LogP contribution in [0.2, 0.25) is 0 Å². The number of nitrogens with zero attached hydrogens (tertiary/aromatic N) is 4. The van der Waals surface area contributed by atoms with E-state index in [0.717, 1.165) is 55.9 Å². The summed E-state index contributed by atoms with van der Waals surface area (Å²) in [5.41, 5.74) is 1.52. The maximum atomic E-state index is 12.4. The third kappa shape index (κ3) is 5.46. The number of nitrogens with one attached hydrogen (secondary N) is 1. The van der Waals surface area contributed by atoms with Crippen LogP contribution in [0.5, 0.6) is 0 Å². The van der Waals surface area contributed by atoms with Crippen molar-refractivity contribution in [2.75, 3.05) is 19.6 Å². The SMILES string of the molecule is O=C(NC1CCCC1)c1cn(C2CCCN(C/C(Cl)=C/c3ccccc3)C2)nn1. The predicted octanol–water partition coefficient (Wildman–Crippen LogP) is 3.87. The fraction of sp³-hybridized carbons (Fsp3) is 0.500. The number of halogens is 1. The van der Waals surface area contributed by atoms with Crippen molar-refractivity contribution >= 4 is 23.6 Å². The second kappa shape index (κ2) is 9.55. The summed E-state index contributed by atoms with van der Waals surface area (Å²) >= 11 is 6.50. The van der Waals surface area contributed by atoms with E-state index in [1.165, 1.54) is 12.8 Å². The molecule has 1 unspecified atom stereocenters. The smallest absolute Gasteiger partial charge is 0.273 e. The summed E-state index contributed by atoms with van der Waals surface area (Å²) in [5, 5.41) is 12.3. The third-order valence-electron chi connectivity index (χ3n) is 5.79. The number of piperidine rings is 1. The van der Waals surface area contributed by atoms with E-state index < -0.39 is 0 Å². The summed E-state index contributed by atoms with van der Waals surface area (Å²) in [6.07, 6.45) is 10.4. The molecule has 1 aromatic carbocycles. The van der Waals surface area contributed by atoms with Crippen molar-refractivity contribution in [1.29, 1.82) is 0 Å². The van der Waals surface area contributed by atoms with Crippen molar-refractivity contribution in [1.82, 2.24) is 25.2 Å². The minimum absolute atomic E-state index is 0.107. The summed E-state index contributed by atoms with van der Waals surface area (Å²) in [5.74, 6) is -0.107. The van der Waals surface area contributed by atoms with Gasteiger partial charge in [0.05, 0.1) is 12.2 Å². The Morgan fingerprint density at radius 1 is 1.17 bits per heavy atom. The Balaban J connectivity index is 1.34. The summed E-state index contributed by atoms with van der Waals surface area (Å²) in [7, 11) is 0. The molecule has 2 aromatic rings. The van der Waals surface area contributed by atoms with E-state index in [-0.39, 0.29) is 18.0 Å². The first-order valence-corrected chi connectivity index (χ1v) is 10.9. The monoisotopic (exact) mass is 413 g/mol. The molecule has 4 rings (SSSR count). The van der Waals surface area contributed by atoms with Gasteiger partial charge in [-0.2, -0.15) is 0 Å². The van der Waals surface area contributed by atoms with E-state index in [1.807, 2.05) is 29.0 Å². The average Bonchev–Trinajstić information content (AvgIpc) is 3.41. The van der Waals surface area contributed by atoms with Gasteiger partial charge in [-0.05, 0) is 43.9 Å². The van der Waals surface area contributed by atoms with Crippen LogP contribution in [0.4, 0.5) is 0 Å². The van der Waals surface area contributed by atoms with Crippen LogP contribution in [0.3, 0.4) is 0 Å². The molecule has 0 bridgehead atoms. The summed E-state index contributed by atoms with van der Waals surface area (Å²) in [4.78, 5) is 14.8. The molecule has 1 atom stereocenters. The van der Waals surface area contributed by atoms with Gasteiger partial charge in [0.2, 0.25) is 0 Å². The molecule has 1 saturated carbocycles. The second-order valence-corrected chi connectivity index (χ2v) is 8.56. The van der Waals surface area contributed by atoms with E-state index in [1.54, 1.807) is 6.20 Å². The Kier molecular flexibility index (Phi) is 6.62. The van der Waals surface area contributed by atoms with Gasteiger partial charge in [0.15, 0.2) is 5.69 Å². The molecule has 0 radical (unpaired) electrons. The molecule has 1 N–H and O–H groups in total.